The molecule has 0 atom stereocenters. The Hall–Kier alpha value is -2.58. The summed E-state index contributed by atoms with van der Waals surface area (Å²) in [6.07, 6.45) is 0.875. The van der Waals surface area contributed by atoms with Crippen molar-refractivity contribution in [2.75, 3.05) is 26.9 Å². The molecule has 0 bridgehead atoms. The van der Waals surface area contributed by atoms with Crippen molar-refractivity contribution in [2.45, 2.75) is 25.9 Å². The minimum absolute atomic E-state index is 0.137. The zero-order chi connectivity index (χ0) is 18.7. The molecule has 2 saturated heterocycles. The van der Waals surface area contributed by atoms with Gasteiger partial charge in [0, 0.05) is 19.4 Å². The van der Waals surface area contributed by atoms with Crippen molar-refractivity contribution in [3.05, 3.63) is 29.3 Å². The van der Waals surface area contributed by atoms with Crippen LogP contribution in [0.1, 0.15) is 19.4 Å². The molecule has 0 unspecified atom stereocenters. The Kier molecular flexibility index (Phi) is 5.15. The topological polar surface area (TPSA) is 89.5 Å². The smallest absolute Gasteiger partial charge is 0.348 e. The van der Waals surface area contributed by atoms with Gasteiger partial charge in [-0.15, -0.1) is 0 Å². The highest BCUT2D eigenvalue weighted by Crippen LogP contribution is 2.34. The average molecular weight is 364 g/mol. The summed E-state index contributed by atoms with van der Waals surface area (Å²) in [7, 11) is 1.49. The molecule has 140 valence electrons. The monoisotopic (exact) mass is 364 g/mol. The van der Waals surface area contributed by atoms with Crippen LogP contribution in [0.5, 0.6) is 11.5 Å². The van der Waals surface area contributed by atoms with Crippen LogP contribution in [0.25, 0.3) is 6.08 Å². The third kappa shape index (κ3) is 3.97. The second-order valence-electron chi connectivity index (χ2n) is 6.10. The maximum Gasteiger partial charge on any atom is 0.348 e. The van der Waals surface area contributed by atoms with Crippen molar-refractivity contribution >= 4 is 18.0 Å². The largest absolute Gasteiger partial charge is 0.493 e. The standard InChI is InChI=1S/C18H20O8/c1-18(2)25-16(19)12(17(20)26-18)9-11-5-4-6-13(21-3)15(11)24-10-14-22-7-8-23-14/h4-6,9,14H,7-8,10H2,1-3H3. The summed E-state index contributed by atoms with van der Waals surface area (Å²) in [5.41, 5.74) is 0.238. The molecule has 2 fully saturated rings. The van der Waals surface area contributed by atoms with Crippen molar-refractivity contribution in [1.29, 1.82) is 0 Å². The molecule has 3 rings (SSSR count). The van der Waals surface area contributed by atoms with Crippen molar-refractivity contribution < 1.29 is 38.0 Å². The van der Waals surface area contributed by atoms with Gasteiger partial charge in [-0.3, -0.25) is 0 Å². The zero-order valence-electron chi connectivity index (χ0n) is 14.8. The summed E-state index contributed by atoms with van der Waals surface area (Å²) < 4.78 is 32.0. The van der Waals surface area contributed by atoms with Crippen LogP contribution in [0.4, 0.5) is 0 Å². The fourth-order valence-electron chi connectivity index (χ4n) is 2.55. The Bertz CT molecular complexity index is 709. The maximum atomic E-state index is 12.2. The lowest BCUT2D eigenvalue weighted by Crippen LogP contribution is -2.41. The highest BCUT2D eigenvalue weighted by atomic mass is 16.7. The van der Waals surface area contributed by atoms with Crippen LogP contribution in [-0.2, 0) is 28.5 Å². The summed E-state index contributed by atoms with van der Waals surface area (Å²) in [6.45, 7) is 4.12. The van der Waals surface area contributed by atoms with E-state index in [2.05, 4.69) is 0 Å². The number of methoxy groups -OCH3 is 1. The lowest BCUT2D eigenvalue weighted by Gasteiger charge is -2.29. The summed E-state index contributed by atoms with van der Waals surface area (Å²) in [4.78, 5) is 24.3. The summed E-state index contributed by atoms with van der Waals surface area (Å²) in [5.74, 6) is -2.02. The quantitative estimate of drug-likeness (QED) is 0.443. The van der Waals surface area contributed by atoms with Crippen LogP contribution in [0, 0.1) is 0 Å². The van der Waals surface area contributed by atoms with E-state index >= 15 is 0 Å². The highest BCUT2D eigenvalue weighted by molar-refractivity contribution is 6.19. The Morgan fingerprint density at radius 1 is 1.15 bits per heavy atom. The molecule has 2 aliphatic heterocycles. The van der Waals surface area contributed by atoms with Crippen LogP contribution < -0.4 is 9.47 Å². The van der Waals surface area contributed by atoms with Crippen molar-refractivity contribution in [3.63, 3.8) is 0 Å². The number of ether oxygens (including phenoxy) is 6. The SMILES string of the molecule is COc1cccc(C=C2C(=O)OC(C)(C)OC2=O)c1OCC1OCCO1. The first kappa shape index (κ1) is 18.2. The van der Waals surface area contributed by atoms with Gasteiger partial charge in [-0.2, -0.15) is 0 Å². The molecule has 26 heavy (non-hydrogen) atoms. The first-order chi connectivity index (χ1) is 12.4. The molecule has 0 aromatic heterocycles. The molecule has 1 aromatic rings. The first-order valence-electron chi connectivity index (χ1n) is 8.11. The van der Waals surface area contributed by atoms with E-state index < -0.39 is 24.0 Å². The van der Waals surface area contributed by atoms with Crippen molar-refractivity contribution in [3.8, 4) is 11.5 Å². The number of cyclic esters (lactones) is 2. The van der Waals surface area contributed by atoms with Crippen LogP contribution in [0.15, 0.2) is 23.8 Å². The van der Waals surface area contributed by atoms with Gasteiger partial charge < -0.3 is 28.4 Å². The zero-order valence-corrected chi connectivity index (χ0v) is 14.8. The fraction of sp³-hybridized carbons (Fsp3) is 0.444. The van der Waals surface area contributed by atoms with Crippen molar-refractivity contribution in [1.82, 2.24) is 0 Å². The fourth-order valence-corrected chi connectivity index (χ4v) is 2.55. The third-order valence-corrected chi connectivity index (χ3v) is 3.70. The Morgan fingerprint density at radius 2 is 1.81 bits per heavy atom. The van der Waals surface area contributed by atoms with Crippen LogP contribution in [0.2, 0.25) is 0 Å². The Balaban J connectivity index is 1.89. The van der Waals surface area contributed by atoms with E-state index in [0.29, 0.717) is 30.3 Å². The number of hydrogen-bond donors (Lipinski definition) is 0. The molecule has 2 heterocycles. The molecule has 0 N–H and O–H groups in total. The average Bonchev–Trinajstić information content (AvgIpc) is 3.09. The van der Waals surface area contributed by atoms with Gasteiger partial charge in [0.2, 0.25) is 0 Å². The highest BCUT2D eigenvalue weighted by Gasteiger charge is 2.39. The van der Waals surface area contributed by atoms with E-state index in [9.17, 15) is 9.59 Å². The number of carbonyl (C=O) groups excluding carboxylic acids is 2. The molecule has 0 amide bonds. The van der Waals surface area contributed by atoms with Crippen LogP contribution in [0.3, 0.4) is 0 Å². The third-order valence-electron chi connectivity index (χ3n) is 3.70. The van der Waals surface area contributed by atoms with E-state index in [4.69, 9.17) is 28.4 Å². The number of benzene rings is 1. The van der Waals surface area contributed by atoms with Gasteiger partial charge in [0.25, 0.3) is 5.79 Å². The molecule has 2 aliphatic rings. The van der Waals surface area contributed by atoms with Gasteiger partial charge in [0.05, 0.1) is 20.3 Å². The molecule has 1 aromatic carbocycles. The van der Waals surface area contributed by atoms with E-state index in [1.54, 1.807) is 18.2 Å². The predicted octanol–water partition coefficient (Wildman–Crippen LogP) is 1.67. The normalized spacial score (nSPS) is 19.7. The number of hydrogen-bond acceptors (Lipinski definition) is 8. The van der Waals surface area contributed by atoms with E-state index in [1.807, 2.05) is 0 Å². The van der Waals surface area contributed by atoms with E-state index in [-0.39, 0.29) is 12.2 Å². The van der Waals surface area contributed by atoms with Gasteiger partial charge in [0.15, 0.2) is 17.8 Å². The minimum atomic E-state index is -1.30. The number of rotatable bonds is 5. The number of carbonyl (C=O) groups is 2. The second kappa shape index (κ2) is 7.35. The first-order valence-corrected chi connectivity index (χ1v) is 8.11. The summed E-state index contributed by atoms with van der Waals surface area (Å²) in [5, 5.41) is 0. The molecule has 8 heteroatoms. The number of esters is 2. The van der Waals surface area contributed by atoms with Gasteiger partial charge in [-0.05, 0) is 12.1 Å². The molecular formula is C18H20O8. The van der Waals surface area contributed by atoms with Crippen molar-refractivity contribution in [2.24, 2.45) is 0 Å². The lowest BCUT2D eigenvalue weighted by molar-refractivity contribution is -0.222. The van der Waals surface area contributed by atoms with Crippen LogP contribution in [-0.4, -0.2) is 50.9 Å². The molecule has 0 spiro atoms. The molecule has 0 aliphatic carbocycles. The minimum Gasteiger partial charge on any atom is -0.493 e. The lowest BCUT2D eigenvalue weighted by atomic mass is 10.1. The molecule has 0 radical (unpaired) electrons. The number of para-hydroxylation sites is 1. The second-order valence-corrected chi connectivity index (χ2v) is 6.10. The molecular weight excluding hydrogens is 344 g/mol. The van der Waals surface area contributed by atoms with Gasteiger partial charge in [-0.25, -0.2) is 9.59 Å². The van der Waals surface area contributed by atoms with Gasteiger partial charge >= 0.3 is 11.9 Å². The summed E-state index contributed by atoms with van der Waals surface area (Å²) >= 11 is 0. The van der Waals surface area contributed by atoms with E-state index in [1.165, 1.54) is 27.0 Å². The van der Waals surface area contributed by atoms with Gasteiger partial charge in [0.1, 0.15) is 12.2 Å². The predicted molar refractivity (Wildman–Crippen MR) is 88.4 cm³/mol. The Morgan fingerprint density at radius 3 is 2.42 bits per heavy atom. The van der Waals surface area contributed by atoms with Crippen LogP contribution >= 0.6 is 0 Å². The molecule has 0 saturated carbocycles. The molecule has 8 nitrogen and oxygen atoms in total. The van der Waals surface area contributed by atoms with E-state index in [0.717, 1.165) is 0 Å². The van der Waals surface area contributed by atoms with Gasteiger partial charge in [-0.1, -0.05) is 12.1 Å². The summed E-state index contributed by atoms with van der Waals surface area (Å²) in [6, 6.07) is 5.10. The Labute approximate surface area is 150 Å². The maximum absolute atomic E-state index is 12.2.